The molecule has 2 amide bonds. The Morgan fingerprint density at radius 2 is 1.86 bits per heavy atom. The maximum atomic E-state index is 12.6. The summed E-state index contributed by atoms with van der Waals surface area (Å²) in [6.45, 7) is 6.54. The first-order valence-electron chi connectivity index (χ1n) is 9.53. The third-order valence-electron chi connectivity index (χ3n) is 5.54. The van der Waals surface area contributed by atoms with Crippen LogP contribution in [0.5, 0.6) is 0 Å². The van der Waals surface area contributed by atoms with Crippen LogP contribution in [0.25, 0.3) is 5.69 Å². The summed E-state index contributed by atoms with van der Waals surface area (Å²) >= 11 is 0. The minimum absolute atomic E-state index is 0.00427. The van der Waals surface area contributed by atoms with Gasteiger partial charge >= 0.3 is 6.03 Å². The molecule has 0 aliphatic carbocycles. The van der Waals surface area contributed by atoms with Crippen molar-refractivity contribution in [2.24, 2.45) is 0 Å². The molecule has 28 heavy (non-hydrogen) atoms. The predicted octanol–water partition coefficient (Wildman–Crippen LogP) is -0.205. The maximum absolute atomic E-state index is 12.6. The van der Waals surface area contributed by atoms with E-state index in [0.29, 0.717) is 24.6 Å². The highest BCUT2D eigenvalue weighted by Crippen LogP contribution is 2.20. The van der Waals surface area contributed by atoms with Crippen LogP contribution >= 0.6 is 0 Å². The SMILES string of the molecule is Cc1nnnn1-c1ccc(NC(=O)N2C[C@@H](O)[C@H](N3CCN(C)CC3)C2)cc1. The number of hydrogen-bond donors (Lipinski definition) is 2. The zero-order chi connectivity index (χ0) is 19.7. The Hall–Kier alpha value is -2.56. The van der Waals surface area contributed by atoms with Crippen molar-refractivity contribution in [1.29, 1.82) is 0 Å². The van der Waals surface area contributed by atoms with E-state index in [0.717, 1.165) is 31.9 Å². The van der Waals surface area contributed by atoms with E-state index in [1.165, 1.54) is 0 Å². The Bertz CT molecular complexity index is 815. The summed E-state index contributed by atoms with van der Waals surface area (Å²) in [5.74, 6) is 0.692. The average Bonchev–Trinajstić information content (AvgIpc) is 3.29. The second-order valence-corrected chi connectivity index (χ2v) is 7.49. The molecule has 2 N–H and O–H groups in total. The van der Waals surface area contributed by atoms with Crippen LogP contribution in [-0.4, -0.2) is 105 Å². The second-order valence-electron chi connectivity index (χ2n) is 7.49. The van der Waals surface area contributed by atoms with Crippen molar-refractivity contribution < 1.29 is 9.90 Å². The van der Waals surface area contributed by atoms with Crippen LogP contribution in [0, 0.1) is 6.92 Å². The van der Waals surface area contributed by atoms with Crippen LogP contribution in [-0.2, 0) is 0 Å². The van der Waals surface area contributed by atoms with Crippen LogP contribution < -0.4 is 5.32 Å². The molecule has 0 unspecified atom stereocenters. The lowest BCUT2D eigenvalue weighted by atomic mass is 10.1. The molecule has 10 nitrogen and oxygen atoms in total. The molecule has 0 radical (unpaired) electrons. The zero-order valence-corrected chi connectivity index (χ0v) is 16.2. The van der Waals surface area contributed by atoms with Gasteiger partial charge in [-0.15, -0.1) is 5.10 Å². The van der Waals surface area contributed by atoms with Gasteiger partial charge in [-0.05, 0) is 48.7 Å². The number of carbonyl (C=O) groups is 1. The van der Waals surface area contributed by atoms with Crippen LogP contribution in [0.3, 0.4) is 0 Å². The number of aromatic nitrogens is 4. The number of amides is 2. The van der Waals surface area contributed by atoms with Crippen molar-refractivity contribution in [2.75, 3.05) is 51.6 Å². The number of hydrogen-bond acceptors (Lipinski definition) is 7. The Labute approximate surface area is 163 Å². The normalized spacial score (nSPS) is 23.9. The lowest BCUT2D eigenvalue weighted by molar-refractivity contribution is 0.0512. The zero-order valence-electron chi connectivity index (χ0n) is 16.2. The first-order chi connectivity index (χ1) is 13.5. The van der Waals surface area contributed by atoms with Gasteiger partial charge < -0.3 is 20.2 Å². The monoisotopic (exact) mass is 386 g/mol. The standard InChI is InChI=1S/C18H26N8O2/c1-13-20-21-22-26(13)15-5-3-14(4-6-15)19-18(28)25-11-16(17(27)12-25)24-9-7-23(2)8-10-24/h3-6,16-17,27H,7-12H2,1-2H3,(H,19,28)/t16-,17-/m1/s1. The average molecular weight is 386 g/mol. The first-order valence-corrected chi connectivity index (χ1v) is 9.53. The molecule has 4 rings (SSSR count). The number of piperazine rings is 1. The number of tetrazole rings is 1. The van der Waals surface area contributed by atoms with E-state index in [2.05, 4.69) is 37.7 Å². The van der Waals surface area contributed by atoms with Gasteiger partial charge in [-0.2, -0.15) is 4.68 Å². The summed E-state index contributed by atoms with van der Waals surface area (Å²) in [7, 11) is 2.11. The van der Waals surface area contributed by atoms with Crippen LogP contribution in [0.1, 0.15) is 5.82 Å². The molecular formula is C18H26N8O2. The van der Waals surface area contributed by atoms with Crippen LogP contribution in [0.4, 0.5) is 10.5 Å². The Morgan fingerprint density at radius 1 is 1.14 bits per heavy atom. The van der Waals surface area contributed by atoms with Crippen molar-refractivity contribution in [3.8, 4) is 5.69 Å². The number of likely N-dealkylation sites (N-methyl/N-ethyl adjacent to an activating group) is 1. The van der Waals surface area contributed by atoms with Gasteiger partial charge in [-0.25, -0.2) is 4.79 Å². The molecule has 0 saturated carbocycles. The van der Waals surface area contributed by atoms with Gasteiger partial charge in [0.2, 0.25) is 0 Å². The smallest absolute Gasteiger partial charge is 0.321 e. The highest BCUT2D eigenvalue weighted by atomic mass is 16.3. The van der Waals surface area contributed by atoms with Crippen molar-refractivity contribution in [3.05, 3.63) is 30.1 Å². The van der Waals surface area contributed by atoms with Crippen molar-refractivity contribution >= 4 is 11.7 Å². The fourth-order valence-electron chi connectivity index (χ4n) is 3.81. The number of aliphatic hydroxyl groups is 1. The number of aliphatic hydroxyl groups excluding tert-OH is 1. The third kappa shape index (κ3) is 3.84. The summed E-state index contributed by atoms with van der Waals surface area (Å²) in [4.78, 5) is 18.9. The van der Waals surface area contributed by atoms with Gasteiger partial charge in [0.25, 0.3) is 0 Å². The highest BCUT2D eigenvalue weighted by Gasteiger charge is 2.38. The number of β-amino-alcohol motifs (C(OH)–C–C–N with tert-alkyl or cyclic N) is 1. The van der Waals surface area contributed by atoms with Gasteiger partial charge in [0.15, 0.2) is 5.82 Å². The molecule has 2 fully saturated rings. The summed E-state index contributed by atoms with van der Waals surface area (Å²) in [6, 6.07) is 7.15. The lowest BCUT2D eigenvalue weighted by Crippen LogP contribution is -2.52. The van der Waals surface area contributed by atoms with Crippen LogP contribution in [0.2, 0.25) is 0 Å². The van der Waals surface area contributed by atoms with Crippen molar-refractivity contribution in [2.45, 2.75) is 19.1 Å². The van der Waals surface area contributed by atoms with Gasteiger partial charge in [0.05, 0.1) is 24.4 Å². The van der Waals surface area contributed by atoms with Gasteiger partial charge in [0, 0.05) is 38.4 Å². The van der Waals surface area contributed by atoms with Crippen molar-refractivity contribution in [1.82, 2.24) is 34.9 Å². The third-order valence-corrected chi connectivity index (χ3v) is 5.54. The van der Waals surface area contributed by atoms with Gasteiger partial charge in [-0.1, -0.05) is 0 Å². The number of nitrogens with one attached hydrogen (secondary N) is 1. The molecule has 2 atom stereocenters. The van der Waals surface area contributed by atoms with E-state index in [1.807, 2.05) is 31.2 Å². The van der Waals surface area contributed by atoms with Crippen molar-refractivity contribution in [3.63, 3.8) is 0 Å². The molecule has 1 aromatic carbocycles. The molecule has 3 heterocycles. The quantitative estimate of drug-likeness (QED) is 0.753. The second kappa shape index (κ2) is 7.82. The fourth-order valence-corrected chi connectivity index (χ4v) is 3.81. The number of carbonyl (C=O) groups excluding carboxylic acids is 1. The van der Waals surface area contributed by atoms with E-state index in [1.54, 1.807) is 9.58 Å². The lowest BCUT2D eigenvalue weighted by Gasteiger charge is -2.37. The molecule has 2 aliphatic heterocycles. The number of likely N-dealkylation sites (tertiary alicyclic amines) is 1. The maximum Gasteiger partial charge on any atom is 0.321 e. The number of urea groups is 1. The minimum atomic E-state index is -0.515. The number of anilines is 1. The predicted molar refractivity (Wildman–Crippen MR) is 103 cm³/mol. The number of benzene rings is 1. The first kappa shape index (κ1) is 18.8. The number of nitrogens with zero attached hydrogens (tertiary/aromatic N) is 7. The summed E-state index contributed by atoms with van der Waals surface area (Å²) in [5.41, 5.74) is 1.52. The molecule has 10 heteroatoms. The molecular weight excluding hydrogens is 360 g/mol. The molecule has 0 spiro atoms. The topological polar surface area (TPSA) is 103 Å². The largest absolute Gasteiger partial charge is 0.390 e. The number of aryl methyl sites for hydroxylation is 1. The molecule has 2 aromatic rings. The van der Waals surface area contributed by atoms with Gasteiger partial charge in [-0.3, -0.25) is 4.90 Å². The fraction of sp³-hybridized carbons (Fsp3) is 0.556. The number of rotatable bonds is 3. The Balaban J connectivity index is 1.35. The minimum Gasteiger partial charge on any atom is -0.390 e. The molecule has 2 saturated heterocycles. The van der Waals surface area contributed by atoms with E-state index < -0.39 is 6.10 Å². The van der Waals surface area contributed by atoms with E-state index in [4.69, 9.17) is 0 Å². The van der Waals surface area contributed by atoms with Gasteiger partial charge in [0.1, 0.15) is 0 Å². The van der Waals surface area contributed by atoms with Crippen LogP contribution in [0.15, 0.2) is 24.3 Å². The summed E-state index contributed by atoms with van der Waals surface area (Å²) in [6.07, 6.45) is -0.515. The van der Waals surface area contributed by atoms with E-state index in [9.17, 15) is 9.90 Å². The highest BCUT2D eigenvalue weighted by molar-refractivity contribution is 5.89. The summed E-state index contributed by atoms with van der Waals surface area (Å²) < 4.78 is 1.63. The Morgan fingerprint density at radius 3 is 2.50 bits per heavy atom. The van der Waals surface area contributed by atoms with E-state index in [-0.39, 0.29) is 12.1 Å². The molecule has 1 aromatic heterocycles. The summed E-state index contributed by atoms with van der Waals surface area (Å²) in [5, 5.41) is 24.8. The van der Waals surface area contributed by atoms with E-state index >= 15 is 0 Å². The molecule has 150 valence electrons. The Kier molecular flexibility index (Phi) is 5.25. The molecule has 0 bridgehead atoms. The molecule has 2 aliphatic rings.